The number of hydrogen-bond acceptors (Lipinski definition) is 4. The van der Waals surface area contributed by atoms with E-state index in [-0.39, 0.29) is 12.1 Å². The molecule has 0 unspecified atom stereocenters. The SMILES string of the molecule is Cc1ccsc1CN(C)C(=O)NC[C@@H](c1ccco1)N1CCCC1. The van der Waals surface area contributed by atoms with E-state index in [0.717, 1.165) is 18.8 Å². The molecule has 0 spiro atoms. The summed E-state index contributed by atoms with van der Waals surface area (Å²) < 4.78 is 5.60. The van der Waals surface area contributed by atoms with Crippen LogP contribution in [0.1, 0.15) is 35.1 Å². The summed E-state index contributed by atoms with van der Waals surface area (Å²) in [5, 5.41) is 5.14. The van der Waals surface area contributed by atoms with Gasteiger partial charge in [0.15, 0.2) is 0 Å². The second-order valence-corrected chi connectivity index (χ2v) is 7.34. The Morgan fingerprint density at radius 3 is 2.83 bits per heavy atom. The number of carbonyl (C=O) groups is 1. The second-order valence-electron chi connectivity index (χ2n) is 6.34. The van der Waals surface area contributed by atoms with Crippen LogP contribution in [0.3, 0.4) is 0 Å². The lowest BCUT2D eigenvalue weighted by Crippen LogP contribution is -2.42. The normalized spacial score (nSPS) is 16.2. The Balaban J connectivity index is 1.57. The molecule has 1 saturated heterocycles. The topological polar surface area (TPSA) is 48.7 Å². The molecule has 0 radical (unpaired) electrons. The summed E-state index contributed by atoms with van der Waals surface area (Å²) in [7, 11) is 1.84. The summed E-state index contributed by atoms with van der Waals surface area (Å²) in [6.45, 7) is 5.42. The monoisotopic (exact) mass is 347 g/mol. The predicted octanol–water partition coefficient (Wildman–Crippen LogP) is 3.63. The minimum absolute atomic E-state index is 0.0430. The number of thiophene rings is 1. The lowest BCUT2D eigenvalue weighted by atomic mass is 10.2. The number of hydrogen-bond donors (Lipinski definition) is 1. The number of aryl methyl sites for hydroxylation is 1. The Labute approximate surface area is 147 Å². The van der Waals surface area contributed by atoms with Gasteiger partial charge in [0, 0.05) is 18.5 Å². The van der Waals surface area contributed by atoms with Crippen molar-refractivity contribution in [2.24, 2.45) is 0 Å². The molecule has 6 heteroatoms. The van der Waals surface area contributed by atoms with E-state index < -0.39 is 0 Å². The third-order valence-corrected chi connectivity index (χ3v) is 5.60. The van der Waals surface area contributed by atoms with Crippen molar-refractivity contribution in [3.05, 3.63) is 46.0 Å². The van der Waals surface area contributed by atoms with Crippen molar-refractivity contribution in [1.29, 1.82) is 0 Å². The average Bonchev–Trinajstić information content (AvgIpc) is 3.31. The first-order valence-electron chi connectivity index (χ1n) is 8.44. The molecule has 2 aromatic rings. The van der Waals surface area contributed by atoms with Crippen LogP contribution in [0.2, 0.25) is 0 Å². The Bertz CT molecular complexity index is 647. The lowest BCUT2D eigenvalue weighted by Gasteiger charge is -2.27. The standard InChI is InChI=1S/C18H25N3O2S/c1-14-7-11-24-17(14)13-20(2)18(22)19-12-15(16-6-5-10-23-16)21-8-3-4-9-21/h5-7,10-11,15H,3-4,8-9,12-13H2,1-2H3,(H,19,22)/t15-/m0/s1. The third kappa shape index (κ3) is 3.99. The number of likely N-dealkylation sites (tertiary alicyclic amines) is 1. The molecule has 1 N–H and O–H groups in total. The zero-order valence-corrected chi connectivity index (χ0v) is 15.1. The number of nitrogens with zero attached hydrogens (tertiary/aromatic N) is 2. The van der Waals surface area contributed by atoms with Crippen molar-refractivity contribution in [2.45, 2.75) is 32.4 Å². The molecule has 0 saturated carbocycles. The van der Waals surface area contributed by atoms with Crippen LogP contribution in [0.15, 0.2) is 34.3 Å². The maximum absolute atomic E-state index is 12.4. The first kappa shape index (κ1) is 17.0. The number of amides is 2. The fourth-order valence-corrected chi connectivity index (χ4v) is 4.07. The van der Waals surface area contributed by atoms with E-state index >= 15 is 0 Å². The summed E-state index contributed by atoms with van der Waals surface area (Å²) in [5.41, 5.74) is 1.24. The predicted molar refractivity (Wildman–Crippen MR) is 96.2 cm³/mol. The van der Waals surface area contributed by atoms with Crippen molar-refractivity contribution in [3.8, 4) is 0 Å². The van der Waals surface area contributed by atoms with Crippen molar-refractivity contribution in [3.63, 3.8) is 0 Å². The van der Waals surface area contributed by atoms with Gasteiger partial charge in [0.25, 0.3) is 0 Å². The molecule has 0 bridgehead atoms. The van der Waals surface area contributed by atoms with E-state index in [0.29, 0.717) is 13.1 Å². The summed E-state index contributed by atoms with van der Waals surface area (Å²) in [4.78, 5) is 17.8. The molecule has 1 fully saturated rings. The van der Waals surface area contributed by atoms with Crippen LogP contribution >= 0.6 is 11.3 Å². The zero-order valence-electron chi connectivity index (χ0n) is 14.3. The minimum atomic E-state index is -0.0430. The largest absolute Gasteiger partial charge is 0.468 e. The Morgan fingerprint density at radius 2 is 2.21 bits per heavy atom. The molecule has 3 heterocycles. The molecule has 1 aliphatic rings. The second kappa shape index (κ2) is 7.85. The molecule has 24 heavy (non-hydrogen) atoms. The van der Waals surface area contributed by atoms with E-state index in [1.807, 2.05) is 19.2 Å². The number of rotatable bonds is 6. The van der Waals surface area contributed by atoms with Gasteiger partial charge in [-0.2, -0.15) is 0 Å². The van der Waals surface area contributed by atoms with E-state index in [4.69, 9.17) is 4.42 Å². The highest BCUT2D eigenvalue weighted by Crippen LogP contribution is 2.25. The number of furan rings is 1. The van der Waals surface area contributed by atoms with Crippen LogP contribution in [0.5, 0.6) is 0 Å². The van der Waals surface area contributed by atoms with E-state index in [9.17, 15) is 4.79 Å². The van der Waals surface area contributed by atoms with E-state index in [1.165, 1.54) is 23.3 Å². The molecule has 2 amide bonds. The van der Waals surface area contributed by atoms with Crippen molar-refractivity contribution >= 4 is 17.4 Å². The van der Waals surface area contributed by atoms with Gasteiger partial charge < -0.3 is 14.6 Å². The fourth-order valence-electron chi connectivity index (χ4n) is 3.12. The minimum Gasteiger partial charge on any atom is -0.468 e. The molecule has 2 aromatic heterocycles. The van der Waals surface area contributed by atoms with Gasteiger partial charge in [0.1, 0.15) is 5.76 Å². The number of urea groups is 1. The molecule has 130 valence electrons. The van der Waals surface area contributed by atoms with Gasteiger partial charge in [0.2, 0.25) is 0 Å². The number of nitrogens with one attached hydrogen (secondary N) is 1. The Hall–Kier alpha value is -1.79. The first-order chi connectivity index (χ1) is 11.6. The van der Waals surface area contributed by atoms with Crippen molar-refractivity contribution in [2.75, 3.05) is 26.7 Å². The van der Waals surface area contributed by atoms with Crippen LogP contribution < -0.4 is 5.32 Å². The van der Waals surface area contributed by atoms with Gasteiger partial charge in [-0.1, -0.05) is 0 Å². The van der Waals surface area contributed by atoms with Crippen molar-refractivity contribution < 1.29 is 9.21 Å². The summed E-state index contributed by atoms with van der Waals surface area (Å²) >= 11 is 1.69. The highest BCUT2D eigenvalue weighted by atomic mass is 32.1. The zero-order chi connectivity index (χ0) is 16.9. The van der Waals surface area contributed by atoms with Crippen LogP contribution in [0.4, 0.5) is 4.79 Å². The maximum atomic E-state index is 12.4. The van der Waals surface area contributed by atoms with Crippen LogP contribution in [0, 0.1) is 6.92 Å². The molecule has 1 atom stereocenters. The van der Waals surface area contributed by atoms with Gasteiger partial charge in [-0.25, -0.2) is 4.79 Å². The summed E-state index contributed by atoms with van der Waals surface area (Å²) in [6, 6.07) is 6.06. The summed E-state index contributed by atoms with van der Waals surface area (Å²) in [5.74, 6) is 0.925. The summed E-state index contributed by atoms with van der Waals surface area (Å²) in [6.07, 6.45) is 4.12. The molecule has 1 aliphatic heterocycles. The highest BCUT2D eigenvalue weighted by Gasteiger charge is 2.26. The van der Waals surface area contributed by atoms with Crippen LogP contribution in [-0.4, -0.2) is 42.5 Å². The Kier molecular flexibility index (Phi) is 5.58. The highest BCUT2D eigenvalue weighted by molar-refractivity contribution is 7.10. The Morgan fingerprint density at radius 1 is 1.42 bits per heavy atom. The first-order valence-corrected chi connectivity index (χ1v) is 9.32. The number of carbonyl (C=O) groups excluding carboxylic acids is 1. The molecule has 0 aliphatic carbocycles. The smallest absolute Gasteiger partial charge is 0.317 e. The van der Waals surface area contributed by atoms with Gasteiger partial charge >= 0.3 is 6.03 Å². The quantitative estimate of drug-likeness (QED) is 0.868. The molecular weight excluding hydrogens is 322 g/mol. The van der Waals surface area contributed by atoms with Crippen LogP contribution in [0.25, 0.3) is 0 Å². The van der Waals surface area contributed by atoms with Gasteiger partial charge in [-0.05, 0) is 62.0 Å². The molecule has 3 rings (SSSR count). The van der Waals surface area contributed by atoms with Crippen LogP contribution in [-0.2, 0) is 6.54 Å². The van der Waals surface area contributed by atoms with Gasteiger partial charge in [-0.15, -0.1) is 11.3 Å². The maximum Gasteiger partial charge on any atom is 0.317 e. The molecule has 5 nitrogen and oxygen atoms in total. The lowest BCUT2D eigenvalue weighted by molar-refractivity contribution is 0.187. The van der Waals surface area contributed by atoms with E-state index in [1.54, 1.807) is 22.5 Å². The molecular formula is C18H25N3O2S. The fraction of sp³-hybridized carbons (Fsp3) is 0.500. The average molecular weight is 347 g/mol. The van der Waals surface area contributed by atoms with Gasteiger partial charge in [0.05, 0.1) is 18.8 Å². The molecule has 0 aromatic carbocycles. The van der Waals surface area contributed by atoms with Gasteiger partial charge in [-0.3, -0.25) is 4.90 Å². The third-order valence-electron chi connectivity index (χ3n) is 4.60. The van der Waals surface area contributed by atoms with Crippen molar-refractivity contribution in [1.82, 2.24) is 15.1 Å². The van der Waals surface area contributed by atoms with E-state index in [2.05, 4.69) is 28.6 Å².